The second-order valence-corrected chi connectivity index (χ2v) is 5.86. The Morgan fingerprint density at radius 3 is 2.46 bits per heavy atom. The minimum atomic E-state index is 0.142. The van der Waals surface area contributed by atoms with Crippen LogP contribution in [0.3, 0.4) is 0 Å². The Hall–Kier alpha value is -2.58. The van der Waals surface area contributed by atoms with Crippen molar-refractivity contribution in [2.45, 2.75) is 13.0 Å². The molecular weight excluding hydrogens is 358 g/mol. The van der Waals surface area contributed by atoms with Crippen molar-refractivity contribution in [3.05, 3.63) is 29.8 Å². The van der Waals surface area contributed by atoms with Gasteiger partial charge in [0, 0.05) is 44.1 Å². The van der Waals surface area contributed by atoms with Gasteiger partial charge in [-0.05, 0) is 18.0 Å². The van der Waals surface area contributed by atoms with Crippen LogP contribution in [-0.4, -0.2) is 47.5 Å². The third-order valence-electron chi connectivity index (χ3n) is 3.80. The first-order chi connectivity index (χ1) is 12.6. The third kappa shape index (κ3) is 3.97. The van der Waals surface area contributed by atoms with E-state index in [0.717, 1.165) is 18.7 Å². The van der Waals surface area contributed by atoms with Gasteiger partial charge >= 0.3 is 0 Å². The molecule has 2 heterocycles. The molecule has 138 valence electrons. The van der Waals surface area contributed by atoms with Crippen molar-refractivity contribution in [3.8, 4) is 11.5 Å². The molecule has 0 atom stereocenters. The predicted octanol–water partition coefficient (Wildman–Crippen LogP) is 3.28. The zero-order valence-corrected chi connectivity index (χ0v) is 15.6. The molecule has 0 fully saturated rings. The zero-order chi connectivity index (χ0) is 18.5. The van der Waals surface area contributed by atoms with E-state index in [1.54, 1.807) is 33.7 Å². The molecule has 9 heteroatoms. The number of rotatable bonds is 8. The van der Waals surface area contributed by atoms with Crippen molar-refractivity contribution in [2.75, 3.05) is 33.3 Å². The summed E-state index contributed by atoms with van der Waals surface area (Å²) in [6.45, 7) is 1.39. The van der Waals surface area contributed by atoms with E-state index in [2.05, 4.69) is 20.3 Å². The van der Waals surface area contributed by atoms with Crippen LogP contribution in [0.5, 0.6) is 11.5 Å². The Bertz CT molecular complexity index is 877. The van der Waals surface area contributed by atoms with Gasteiger partial charge in [-0.3, -0.25) is 0 Å². The summed E-state index contributed by atoms with van der Waals surface area (Å²) < 4.78 is 17.6. The molecule has 0 spiro atoms. The molecule has 0 aliphatic carbocycles. The fourth-order valence-electron chi connectivity index (χ4n) is 2.56. The van der Waals surface area contributed by atoms with Gasteiger partial charge in [0.05, 0.1) is 20.5 Å². The van der Waals surface area contributed by atoms with Gasteiger partial charge in [0.1, 0.15) is 11.5 Å². The van der Waals surface area contributed by atoms with Crippen molar-refractivity contribution in [3.63, 3.8) is 0 Å². The molecule has 1 N–H and O–H groups in total. The summed E-state index contributed by atoms with van der Waals surface area (Å²) in [5.74, 6) is 1.84. The summed E-state index contributed by atoms with van der Waals surface area (Å²) >= 11 is 6.12. The van der Waals surface area contributed by atoms with E-state index >= 15 is 0 Å². The van der Waals surface area contributed by atoms with Crippen LogP contribution in [0, 0.1) is 0 Å². The molecule has 0 radical (unpaired) electrons. The molecule has 8 nitrogen and oxygen atoms in total. The number of halogens is 1. The lowest BCUT2D eigenvalue weighted by Crippen LogP contribution is -2.03. The lowest BCUT2D eigenvalue weighted by molar-refractivity contribution is 0.190. The number of aromatic nitrogens is 4. The van der Waals surface area contributed by atoms with Crippen LogP contribution in [0.1, 0.15) is 6.42 Å². The highest BCUT2D eigenvalue weighted by molar-refractivity contribution is 6.28. The van der Waals surface area contributed by atoms with Gasteiger partial charge in [-0.15, -0.1) is 0 Å². The van der Waals surface area contributed by atoms with E-state index in [1.165, 1.54) is 0 Å². The Labute approximate surface area is 156 Å². The molecule has 1 aromatic carbocycles. The maximum atomic E-state index is 6.12. The Balaban J connectivity index is 1.95. The molecule has 0 unspecified atom stereocenters. The number of ether oxygens (including phenoxy) is 3. The highest BCUT2D eigenvalue weighted by Crippen LogP contribution is 2.30. The number of benzene rings is 1. The molecule has 3 aromatic rings. The molecule has 0 saturated heterocycles. The highest BCUT2D eigenvalue weighted by atomic mass is 35.5. The summed E-state index contributed by atoms with van der Waals surface area (Å²) in [5.41, 5.74) is 2.04. The summed E-state index contributed by atoms with van der Waals surface area (Å²) in [7, 11) is 4.87. The van der Waals surface area contributed by atoms with E-state index in [4.69, 9.17) is 25.8 Å². The molecule has 3 rings (SSSR count). The van der Waals surface area contributed by atoms with Crippen molar-refractivity contribution >= 4 is 34.3 Å². The number of methoxy groups -OCH3 is 3. The Morgan fingerprint density at radius 1 is 1.08 bits per heavy atom. The molecular formula is C17H20ClN5O3. The number of aryl methyl sites for hydroxylation is 1. The van der Waals surface area contributed by atoms with Crippen LogP contribution >= 0.6 is 11.6 Å². The molecule has 26 heavy (non-hydrogen) atoms. The molecule has 0 bridgehead atoms. The highest BCUT2D eigenvalue weighted by Gasteiger charge is 2.14. The maximum Gasteiger partial charge on any atom is 0.226 e. The number of imidazole rings is 1. The summed E-state index contributed by atoms with van der Waals surface area (Å²) in [6.07, 6.45) is 2.57. The van der Waals surface area contributed by atoms with Gasteiger partial charge in [0.25, 0.3) is 0 Å². The largest absolute Gasteiger partial charge is 0.497 e. The minimum Gasteiger partial charge on any atom is -0.497 e. The fraction of sp³-hybridized carbons (Fsp3) is 0.353. The summed E-state index contributed by atoms with van der Waals surface area (Å²) in [5, 5.41) is 3.36. The maximum absolute atomic E-state index is 6.12. The van der Waals surface area contributed by atoms with Crippen LogP contribution in [-0.2, 0) is 11.3 Å². The average Bonchev–Trinajstić information content (AvgIpc) is 3.04. The van der Waals surface area contributed by atoms with Gasteiger partial charge in [0.2, 0.25) is 5.28 Å². The van der Waals surface area contributed by atoms with Crippen molar-refractivity contribution < 1.29 is 14.2 Å². The molecule has 0 aliphatic rings. The van der Waals surface area contributed by atoms with Gasteiger partial charge in [0.15, 0.2) is 17.0 Å². The van der Waals surface area contributed by atoms with Crippen molar-refractivity contribution in [2.24, 2.45) is 0 Å². The quantitative estimate of drug-likeness (QED) is 0.476. The lowest BCUT2D eigenvalue weighted by Gasteiger charge is -2.11. The van der Waals surface area contributed by atoms with Gasteiger partial charge in [-0.2, -0.15) is 9.97 Å². The van der Waals surface area contributed by atoms with Crippen LogP contribution in [0.4, 0.5) is 11.5 Å². The first kappa shape index (κ1) is 18.2. The van der Waals surface area contributed by atoms with Crippen LogP contribution in [0.25, 0.3) is 11.2 Å². The van der Waals surface area contributed by atoms with E-state index in [-0.39, 0.29) is 5.28 Å². The lowest BCUT2D eigenvalue weighted by atomic mass is 10.2. The van der Waals surface area contributed by atoms with Crippen molar-refractivity contribution in [1.29, 1.82) is 0 Å². The standard InChI is InChI=1S/C17H20ClN5O3/c1-24-6-4-5-23-10-19-14-15(21-17(18)22-16(14)23)20-11-7-12(25-2)9-13(8-11)26-3/h7-10H,4-6H2,1-3H3,(H,20,21,22). The van der Waals surface area contributed by atoms with Gasteiger partial charge in [-0.1, -0.05) is 0 Å². The molecule has 0 amide bonds. The van der Waals surface area contributed by atoms with Gasteiger partial charge < -0.3 is 24.1 Å². The van der Waals surface area contributed by atoms with E-state index in [9.17, 15) is 0 Å². The number of hydrogen-bond donors (Lipinski definition) is 1. The summed E-state index contributed by atoms with van der Waals surface area (Å²) in [4.78, 5) is 13.0. The molecule has 0 saturated carbocycles. The Morgan fingerprint density at radius 2 is 1.81 bits per heavy atom. The van der Waals surface area contributed by atoms with Crippen LogP contribution < -0.4 is 14.8 Å². The average molecular weight is 378 g/mol. The second-order valence-electron chi connectivity index (χ2n) is 5.52. The number of nitrogens with zero attached hydrogens (tertiary/aromatic N) is 4. The van der Waals surface area contributed by atoms with E-state index in [1.807, 2.05) is 16.7 Å². The van der Waals surface area contributed by atoms with Gasteiger partial charge in [-0.25, -0.2) is 4.98 Å². The SMILES string of the molecule is COCCCn1cnc2c(Nc3cc(OC)cc(OC)c3)nc(Cl)nc21. The first-order valence-electron chi connectivity index (χ1n) is 8.02. The van der Waals surface area contributed by atoms with Crippen LogP contribution in [0.2, 0.25) is 5.28 Å². The van der Waals surface area contributed by atoms with E-state index < -0.39 is 0 Å². The number of anilines is 2. The second kappa shape index (κ2) is 8.20. The number of nitrogens with one attached hydrogen (secondary N) is 1. The number of fused-ring (bicyclic) bond motifs is 1. The van der Waals surface area contributed by atoms with Crippen molar-refractivity contribution in [1.82, 2.24) is 19.5 Å². The minimum absolute atomic E-state index is 0.142. The summed E-state index contributed by atoms with van der Waals surface area (Å²) in [6, 6.07) is 5.46. The first-order valence-corrected chi connectivity index (χ1v) is 8.39. The fourth-order valence-corrected chi connectivity index (χ4v) is 2.73. The monoisotopic (exact) mass is 377 g/mol. The normalized spacial score (nSPS) is 10.9. The zero-order valence-electron chi connectivity index (χ0n) is 14.8. The smallest absolute Gasteiger partial charge is 0.226 e. The predicted molar refractivity (Wildman–Crippen MR) is 99.7 cm³/mol. The Kier molecular flexibility index (Phi) is 5.75. The third-order valence-corrected chi connectivity index (χ3v) is 3.97. The molecule has 2 aromatic heterocycles. The number of hydrogen-bond acceptors (Lipinski definition) is 7. The molecule has 0 aliphatic heterocycles. The topological polar surface area (TPSA) is 83.3 Å². The van der Waals surface area contributed by atoms with E-state index in [0.29, 0.717) is 35.1 Å². The van der Waals surface area contributed by atoms with Crippen LogP contribution in [0.15, 0.2) is 24.5 Å².